The van der Waals surface area contributed by atoms with Crippen molar-refractivity contribution in [2.75, 3.05) is 6.61 Å². The molecular weight excluding hydrogens is 410 g/mol. The maximum Gasteiger partial charge on any atom is 0.294 e. The van der Waals surface area contributed by atoms with Crippen LogP contribution < -0.4 is 10.3 Å². The first-order chi connectivity index (χ1) is 15.2. The molecule has 0 aliphatic rings. The van der Waals surface area contributed by atoms with E-state index in [-0.39, 0.29) is 12.1 Å². The van der Waals surface area contributed by atoms with Gasteiger partial charge in [-0.2, -0.15) is 10.6 Å². The Bertz CT molecular complexity index is 1180. The van der Waals surface area contributed by atoms with Crippen molar-refractivity contribution in [1.29, 1.82) is 0 Å². The molecule has 0 saturated heterocycles. The number of benzene rings is 2. The Hall–Kier alpha value is -3.42. The fourth-order valence-corrected chi connectivity index (χ4v) is 4.20. The summed E-state index contributed by atoms with van der Waals surface area (Å²) in [5, 5.41) is 5.63. The number of carbonyl (C=O) groups is 1. The first-order valence-corrected chi connectivity index (χ1v) is 10.9. The summed E-state index contributed by atoms with van der Waals surface area (Å²) in [6.07, 6.45) is 3.72. The number of thiophene rings is 1. The third-order valence-electron chi connectivity index (χ3n) is 4.63. The van der Waals surface area contributed by atoms with Gasteiger partial charge < -0.3 is 9.57 Å². The Morgan fingerprint density at radius 2 is 1.84 bits per heavy atom. The van der Waals surface area contributed by atoms with Crippen LogP contribution in [0.4, 0.5) is 0 Å². The quantitative estimate of drug-likeness (QED) is 0.370. The molecule has 2 heterocycles. The van der Waals surface area contributed by atoms with Gasteiger partial charge in [-0.1, -0.05) is 54.6 Å². The van der Waals surface area contributed by atoms with Gasteiger partial charge in [0.2, 0.25) is 0 Å². The lowest BCUT2D eigenvalue weighted by molar-refractivity contribution is 0.0195. The van der Waals surface area contributed by atoms with Crippen LogP contribution >= 0.6 is 11.3 Å². The number of hydrogen-bond donors (Lipinski definition) is 1. The summed E-state index contributed by atoms with van der Waals surface area (Å²) in [7, 11) is 0. The van der Waals surface area contributed by atoms with E-state index in [2.05, 4.69) is 5.48 Å². The molecule has 0 spiro atoms. The van der Waals surface area contributed by atoms with E-state index in [1.165, 1.54) is 11.3 Å². The molecule has 6 nitrogen and oxygen atoms in total. The fourth-order valence-electron chi connectivity index (χ4n) is 3.13. The summed E-state index contributed by atoms with van der Waals surface area (Å²) in [4.78, 5) is 19.5. The number of fused-ring (bicyclic) bond motifs is 1. The standard InChI is InChI=1S/C24H23N3O3S/c1-3-29-17(2)27-24-20(21(25-27)15-14-18-10-6-4-7-11-18)16-22(31-24)23(28)26-30-19-12-8-5-9-13-19/h4-17H,3H2,1-2H3,(H,26,28)/b15-14+. The summed E-state index contributed by atoms with van der Waals surface area (Å²) >= 11 is 1.36. The number of amides is 1. The van der Waals surface area contributed by atoms with Crippen LogP contribution in [0, 0.1) is 0 Å². The molecule has 0 bridgehead atoms. The van der Waals surface area contributed by atoms with Crippen LogP contribution in [0.2, 0.25) is 0 Å². The molecule has 4 aromatic rings. The normalized spacial score (nSPS) is 12.3. The maximum atomic E-state index is 12.7. The van der Waals surface area contributed by atoms with E-state index < -0.39 is 0 Å². The number of hydroxylamine groups is 1. The summed E-state index contributed by atoms with van der Waals surface area (Å²) in [6.45, 7) is 4.46. The molecule has 0 saturated carbocycles. The minimum Gasteiger partial charge on any atom is -0.379 e. The van der Waals surface area contributed by atoms with Crippen LogP contribution in [-0.2, 0) is 4.74 Å². The average Bonchev–Trinajstić information content (AvgIpc) is 3.37. The number of nitrogens with zero attached hydrogens (tertiary/aromatic N) is 2. The maximum absolute atomic E-state index is 12.7. The predicted molar refractivity (Wildman–Crippen MR) is 124 cm³/mol. The van der Waals surface area contributed by atoms with Gasteiger partial charge in [-0.15, -0.1) is 11.3 Å². The molecule has 1 N–H and O–H groups in total. The Balaban J connectivity index is 1.63. The smallest absolute Gasteiger partial charge is 0.294 e. The van der Waals surface area contributed by atoms with Crippen molar-refractivity contribution in [3.8, 4) is 5.75 Å². The second-order valence-corrected chi connectivity index (χ2v) is 7.83. The summed E-state index contributed by atoms with van der Waals surface area (Å²) < 4.78 is 7.57. The highest BCUT2D eigenvalue weighted by molar-refractivity contribution is 7.20. The van der Waals surface area contributed by atoms with Gasteiger partial charge in [-0.05, 0) is 43.7 Å². The van der Waals surface area contributed by atoms with Crippen molar-refractivity contribution in [1.82, 2.24) is 15.3 Å². The molecule has 1 amide bonds. The minimum atomic E-state index is -0.307. The predicted octanol–water partition coefficient (Wildman–Crippen LogP) is 5.55. The molecule has 158 valence electrons. The second kappa shape index (κ2) is 9.59. The lowest BCUT2D eigenvalue weighted by Gasteiger charge is -2.12. The van der Waals surface area contributed by atoms with Crippen LogP contribution in [0.5, 0.6) is 5.75 Å². The zero-order chi connectivity index (χ0) is 21.6. The zero-order valence-electron chi connectivity index (χ0n) is 17.3. The number of hydrogen-bond acceptors (Lipinski definition) is 5. The van der Waals surface area contributed by atoms with E-state index >= 15 is 0 Å². The highest BCUT2D eigenvalue weighted by Crippen LogP contribution is 2.32. The number of rotatable bonds is 8. The topological polar surface area (TPSA) is 65.4 Å². The summed E-state index contributed by atoms with van der Waals surface area (Å²) in [6, 6.07) is 21.0. The SMILES string of the molecule is CCOC(C)n1nc(/C=C/c2ccccc2)c2cc(C(=O)NOc3ccccc3)sc21. The van der Waals surface area contributed by atoms with E-state index in [4.69, 9.17) is 14.7 Å². The van der Waals surface area contributed by atoms with Crippen molar-refractivity contribution in [2.45, 2.75) is 20.1 Å². The van der Waals surface area contributed by atoms with Gasteiger partial charge in [0.25, 0.3) is 5.91 Å². The van der Waals surface area contributed by atoms with Crippen molar-refractivity contribution in [3.05, 3.63) is 82.9 Å². The van der Waals surface area contributed by atoms with Crippen LogP contribution in [0.15, 0.2) is 66.7 Å². The number of aromatic nitrogens is 2. The number of ether oxygens (including phenoxy) is 1. The lowest BCUT2D eigenvalue weighted by atomic mass is 10.2. The highest BCUT2D eigenvalue weighted by Gasteiger charge is 2.20. The lowest BCUT2D eigenvalue weighted by Crippen LogP contribution is -2.26. The third kappa shape index (κ3) is 4.84. The number of carbonyl (C=O) groups excluding carboxylic acids is 1. The van der Waals surface area contributed by atoms with E-state index in [1.807, 2.05) is 85.3 Å². The molecule has 0 radical (unpaired) electrons. The number of para-hydroxylation sites is 1. The molecule has 0 aliphatic heterocycles. The zero-order valence-corrected chi connectivity index (χ0v) is 18.1. The van der Waals surface area contributed by atoms with E-state index in [0.29, 0.717) is 17.2 Å². The van der Waals surface area contributed by atoms with Gasteiger partial charge >= 0.3 is 0 Å². The molecular formula is C24H23N3O3S. The molecule has 0 aliphatic carbocycles. The fraction of sp³-hybridized carbons (Fsp3) is 0.167. The molecule has 1 unspecified atom stereocenters. The Morgan fingerprint density at radius 3 is 2.55 bits per heavy atom. The summed E-state index contributed by atoms with van der Waals surface area (Å²) in [5.74, 6) is 0.262. The average molecular weight is 434 g/mol. The Labute approximate surface area is 184 Å². The minimum absolute atomic E-state index is 0.249. The summed E-state index contributed by atoms with van der Waals surface area (Å²) in [5.41, 5.74) is 4.37. The van der Waals surface area contributed by atoms with Crippen LogP contribution in [0.3, 0.4) is 0 Å². The molecule has 4 rings (SSSR count). The van der Waals surface area contributed by atoms with E-state index in [9.17, 15) is 4.79 Å². The Morgan fingerprint density at radius 1 is 1.13 bits per heavy atom. The van der Waals surface area contributed by atoms with Gasteiger partial charge in [0.05, 0.1) is 10.6 Å². The monoisotopic (exact) mass is 433 g/mol. The van der Waals surface area contributed by atoms with Gasteiger partial charge in [0.15, 0.2) is 5.75 Å². The van der Waals surface area contributed by atoms with E-state index in [0.717, 1.165) is 21.5 Å². The van der Waals surface area contributed by atoms with Gasteiger partial charge in [-0.25, -0.2) is 4.68 Å². The Kier molecular flexibility index (Phi) is 6.45. The molecule has 2 aromatic carbocycles. The number of nitrogens with one attached hydrogen (secondary N) is 1. The first kappa shape index (κ1) is 20.8. The van der Waals surface area contributed by atoms with Crippen molar-refractivity contribution >= 4 is 39.6 Å². The second-order valence-electron chi connectivity index (χ2n) is 6.80. The molecule has 7 heteroatoms. The third-order valence-corrected chi connectivity index (χ3v) is 5.75. The van der Waals surface area contributed by atoms with Crippen LogP contribution in [0.1, 0.15) is 41.0 Å². The van der Waals surface area contributed by atoms with Gasteiger partial charge in [-0.3, -0.25) is 4.79 Å². The van der Waals surface area contributed by atoms with Crippen molar-refractivity contribution in [2.24, 2.45) is 0 Å². The van der Waals surface area contributed by atoms with Crippen molar-refractivity contribution < 1.29 is 14.4 Å². The molecule has 31 heavy (non-hydrogen) atoms. The van der Waals surface area contributed by atoms with Crippen molar-refractivity contribution in [3.63, 3.8) is 0 Å². The molecule has 0 fully saturated rings. The highest BCUT2D eigenvalue weighted by atomic mass is 32.1. The van der Waals surface area contributed by atoms with Crippen LogP contribution in [0.25, 0.3) is 22.4 Å². The van der Waals surface area contributed by atoms with Crippen LogP contribution in [-0.4, -0.2) is 22.3 Å². The largest absolute Gasteiger partial charge is 0.379 e. The molecule has 2 aromatic heterocycles. The van der Waals surface area contributed by atoms with E-state index in [1.54, 1.807) is 12.1 Å². The first-order valence-electron chi connectivity index (χ1n) is 10.0. The molecule has 1 atom stereocenters. The van der Waals surface area contributed by atoms with Gasteiger partial charge in [0, 0.05) is 12.0 Å². The van der Waals surface area contributed by atoms with Gasteiger partial charge in [0.1, 0.15) is 11.1 Å².